The zero-order valence-electron chi connectivity index (χ0n) is 8.86. The summed E-state index contributed by atoms with van der Waals surface area (Å²) in [7, 11) is 0. The second-order valence-electron chi connectivity index (χ2n) is 5.88. The van der Waals surface area contributed by atoms with E-state index in [1.165, 1.54) is 12.0 Å². The fourth-order valence-corrected chi connectivity index (χ4v) is 4.86. The maximum atomic E-state index is 12.2. The van der Waals surface area contributed by atoms with Gasteiger partial charge in [0.25, 0.3) is 0 Å². The maximum absolute atomic E-state index is 12.2. The van der Waals surface area contributed by atoms with Crippen LogP contribution in [0, 0.1) is 35.5 Å². The van der Waals surface area contributed by atoms with Crippen molar-refractivity contribution in [2.45, 2.75) is 19.3 Å². The lowest BCUT2D eigenvalue weighted by atomic mass is 9.80. The standard InChI is InChI=1S/C14H16O/c1-7-4-10-12-8-2-3-9(6-8)13(12)11(5-7)14(10)15/h2-3,8-13H,1,4-6H2. The summed E-state index contributed by atoms with van der Waals surface area (Å²) in [5, 5.41) is 0. The molecule has 4 rings (SSSR count). The molecular weight excluding hydrogens is 184 g/mol. The summed E-state index contributed by atoms with van der Waals surface area (Å²) in [6.07, 6.45) is 8.08. The van der Waals surface area contributed by atoms with E-state index < -0.39 is 0 Å². The highest BCUT2D eigenvalue weighted by atomic mass is 16.1. The lowest BCUT2D eigenvalue weighted by Gasteiger charge is -2.23. The number of hydrogen-bond donors (Lipinski definition) is 0. The number of rotatable bonds is 0. The van der Waals surface area contributed by atoms with Crippen LogP contribution in [-0.4, -0.2) is 5.78 Å². The minimum absolute atomic E-state index is 0.348. The molecule has 0 aromatic rings. The second kappa shape index (κ2) is 2.45. The average Bonchev–Trinajstić information content (AvgIpc) is 2.83. The first-order valence-corrected chi connectivity index (χ1v) is 6.14. The number of carbonyl (C=O) groups is 1. The smallest absolute Gasteiger partial charge is 0.140 e. The zero-order valence-corrected chi connectivity index (χ0v) is 8.86. The first-order valence-electron chi connectivity index (χ1n) is 6.14. The Kier molecular flexibility index (Phi) is 1.36. The van der Waals surface area contributed by atoms with Crippen molar-refractivity contribution in [1.82, 2.24) is 0 Å². The van der Waals surface area contributed by atoms with E-state index in [-0.39, 0.29) is 0 Å². The van der Waals surface area contributed by atoms with Gasteiger partial charge in [-0.2, -0.15) is 0 Å². The van der Waals surface area contributed by atoms with Crippen LogP contribution in [-0.2, 0) is 4.79 Å². The minimum atomic E-state index is 0.348. The molecule has 1 nitrogen and oxygen atoms in total. The van der Waals surface area contributed by atoms with Crippen LogP contribution in [0.15, 0.2) is 24.3 Å². The normalized spacial score (nSPS) is 55.2. The third-order valence-corrected chi connectivity index (χ3v) is 5.26. The Morgan fingerprint density at radius 3 is 2.13 bits per heavy atom. The molecule has 0 heterocycles. The maximum Gasteiger partial charge on any atom is 0.140 e. The summed E-state index contributed by atoms with van der Waals surface area (Å²) in [6, 6.07) is 0. The van der Waals surface area contributed by atoms with Crippen LogP contribution in [0.4, 0.5) is 0 Å². The van der Waals surface area contributed by atoms with Gasteiger partial charge in [-0.3, -0.25) is 4.79 Å². The number of Topliss-reactive ketones (excluding diaryl/α,β-unsaturated/α-hetero) is 1. The summed E-state index contributed by atoms with van der Waals surface area (Å²) < 4.78 is 0. The van der Waals surface area contributed by atoms with Gasteiger partial charge in [-0.1, -0.05) is 24.3 Å². The fourth-order valence-electron chi connectivity index (χ4n) is 4.86. The molecule has 15 heavy (non-hydrogen) atoms. The van der Waals surface area contributed by atoms with Crippen LogP contribution < -0.4 is 0 Å². The Balaban J connectivity index is 1.82. The van der Waals surface area contributed by atoms with Gasteiger partial charge in [-0.05, 0) is 42.9 Å². The topological polar surface area (TPSA) is 17.1 Å². The molecule has 3 fully saturated rings. The van der Waals surface area contributed by atoms with E-state index in [0.717, 1.165) is 24.7 Å². The molecule has 0 radical (unpaired) electrons. The van der Waals surface area contributed by atoms with Crippen LogP contribution in [0.1, 0.15) is 19.3 Å². The van der Waals surface area contributed by atoms with Crippen molar-refractivity contribution >= 4 is 5.78 Å². The minimum Gasteiger partial charge on any atom is -0.299 e. The molecule has 78 valence electrons. The SMILES string of the molecule is C=C1CC2C(=O)C(C1)C1C3C=CC(C3)C21. The van der Waals surface area contributed by atoms with Crippen molar-refractivity contribution in [3.05, 3.63) is 24.3 Å². The molecule has 0 N–H and O–H groups in total. The molecule has 3 saturated carbocycles. The van der Waals surface area contributed by atoms with Crippen molar-refractivity contribution in [1.29, 1.82) is 0 Å². The van der Waals surface area contributed by atoms with Gasteiger partial charge in [0.2, 0.25) is 0 Å². The molecule has 1 heteroatoms. The van der Waals surface area contributed by atoms with Gasteiger partial charge < -0.3 is 0 Å². The molecule has 4 aliphatic carbocycles. The average molecular weight is 200 g/mol. The third kappa shape index (κ3) is 0.839. The van der Waals surface area contributed by atoms with E-state index in [0.29, 0.717) is 29.5 Å². The summed E-state index contributed by atoms with van der Waals surface area (Å²) in [5.74, 6) is 4.11. The van der Waals surface area contributed by atoms with Crippen LogP contribution in [0.2, 0.25) is 0 Å². The molecule has 0 amide bonds. The Morgan fingerprint density at radius 1 is 1.07 bits per heavy atom. The highest BCUT2D eigenvalue weighted by Crippen LogP contribution is 2.62. The second-order valence-corrected chi connectivity index (χ2v) is 5.88. The van der Waals surface area contributed by atoms with Gasteiger partial charge >= 0.3 is 0 Å². The molecular formula is C14H16O. The molecule has 0 saturated heterocycles. The Hall–Kier alpha value is -0.850. The van der Waals surface area contributed by atoms with Gasteiger partial charge in [-0.25, -0.2) is 0 Å². The summed E-state index contributed by atoms with van der Waals surface area (Å²) >= 11 is 0. The van der Waals surface area contributed by atoms with Gasteiger partial charge in [0.1, 0.15) is 5.78 Å². The predicted molar refractivity (Wildman–Crippen MR) is 58.1 cm³/mol. The van der Waals surface area contributed by atoms with E-state index >= 15 is 0 Å². The summed E-state index contributed by atoms with van der Waals surface area (Å²) in [6.45, 7) is 4.11. The summed E-state index contributed by atoms with van der Waals surface area (Å²) in [5.41, 5.74) is 1.33. The zero-order chi connectivity index (χ0) is 10.2. The Labute approximate surface area is 90.2 Å². The van der Waals surface area contributed by atoms with E-state index in [2.05, 4.69) is 18.7 Å². The molecule has 0 aromatic carbocycles. The Bertz CT molecular complexity index is 360. The highest BCUT2D eigenvalue weighted by molar-refractivity contribution is 5.88. The third-order valence-electron chi connectivity index (χ3n) is 5.26. The van der Waals surface area contributed by atoms with Crippen molar-refractivity contribution in [3.8, 4) is 0 Å². The van der Waals surface area contributed by atoms with Crippen LogP contribution in [0.5, 0.6) is 0 Å². The number of carbonyl (C=O) groups excluding carboxylic acids is 1. The van der Waals surface area contributed by atoms with E-state index in [1.54, 1.807) is 0 Å². The molecule has 4 bridgehead atoms. The van der Waals surface area contributed by atoms with Crippen molar-refractivity contribution in [2.75, 3.05) is 0 Å². The van der Waals surface area contributed by atoms with Crippen LogP contribution >= 0.6 is 0 Å². The summed E-state index contributed by atoms with van der Waals surface area (Å²) in [4.78, 5) is 12.2. The quantitative estimate of drug-likeness (QED) is 0.434. The number of allylic oxidation sites excluding steroid dienone is 3. The molecule has 4 aliphatic rings. The van der Waals surface area contributed by atoms with E-state index in [4.69, 9.17) is 0 Å². The van der Waals surface area contributed by atoms with Crippen LogP contribution in [0.25, 0.3) is 0 Å². The number of fused-ring (bicyclic) bond motifs is 9. The lowest BCUT2D eigenvalue weighted by molar-refractivity contribution is -0.126. The van der Waals surface area contributed by atoms with Crippen molar-refractivity contribution in [3.63, 3.8) is 0 Å². The lowest BCUT2D eigenvalue weighted by Crippen LogP contribution is -2.25. The largest absolute Gasteiger partial charge is 0.299 e. The molecule has 6 atom stereocenters. The van der Waals surface area contributed by atoms with E-state index in [9.17, 15) is 4.79 Å². The molecule has 0 spiro atoms. The van der Waals surface area contributed by atoms with Gasteiger partial charge in [0, 0.05) is 11.8 Å². The molecule has 0 aromatic heterocycles. The number of hydrogen-bond acceptors (Lipinski definition) is 1. The first kappa shape index (κ1) is 8.32. The predicted octanol–water partition coefficient (Wildman–Crippen LogP) is 2.59. The Morgan fingerprint density at radius 2 is 1.60 bits per heavy atom. The van der Waals surface area contributed by atoms with Crippen molar-refractivity contribution < 1.29 is 4.79 Å². The fraction of sp³-hybridized carbons (Fsp3) is 0.643. The van der Waals surface area contributed by atoms with Crippen molar-refractivity contribution in [2.24, 2.45) is 35.5 Å². The highest BCUT2D eigenvalue weighted by Gasteiger charge is 2.60. The van der Waals surface area contributed by atoms with Gasteiger partial charge in [0.15, 0.2) is 0 Å². The van der Waals surface area contributed by atoms with Gasteiger partial charge in [-0.15, -0.1) is 0 Å². The number of ketones is 1. The van der Waals surface area contributed by atoms with Crippen LogP contribution in [0.3, 0.4) is 0 Å². The van der Waals surface area contributed by atoms with Gasteiger partial charge in [0.05, 0.1) is 0 Å². The first-order chi connectivity index (χ1) is 7.25. The molecule has 6 unspecified atom stereocenters. The van der Waals surface area contributed by atoms with E-state index in [1.807, 2.05) is 0 Å². The monoisotopic (exact) mass is 200 g/mol. The molecule has 0 aliphatic heterocycles.